The molecule has 2 aromatic rings. The van der Waals surface area contributed by atoms with Gasteiger partial charge in [-0.15, -0.1) is 0 Å². The fourth-order valence-electron chi connectivity index (χ4n) is 3.27. The standard InChI is InChI=1S/C18H20N6O2/c19-7-11-3-5-24(6-4-11)15(25)10-22-18(26)13-8-20-17-16(13)23-14(9-21-17)12-1-2-12/h8-9,11-12H,1-6,10H2,(H,20,21)(H,22,26). The molecule has 4 rings (SSSR count). The number of fused-ring (bicyclic) bond motifs is 1. The van der Waals surface area contributed by atoms with E-state index in [0.29, 0.717) is 48.6 Å². The van der Waals surface area contributed by atoms with Gasteiger partial charge in [0.25, 0.3) is 5.91 Å². The number of carbonyl (C=O) groups excluding carboxylic acids is 2. The monoisotopic (exact) mass is 352 g/mol. The number of piperidine rings is 1. The van der Waals surface area contributed by atoms with Gasteiger partial charge in [-0.1, -0.05) is 0 Å². The van der Waals surface area contributed by atoms with E-state index in [9.17, 15) is 9.59 Å². The molecule has 2 amide bonds. The highest BCUT2D eigenvalue weighted by atomic mass is 16.2. The van der Waals surface area contributed by atoms with Gasteiger partial charge in [-0.3, -0.25) is 9.59 Å². The third kappa shape index (κ3) is 3.25. The Balaban J connectivity index is 1.39. The number of hydrogen-bond donors (Lipinski definition) is 2. The molecule has 0 atom stereocenters. The van der Waals surface area contributed by atoms with Crippen molar-refractivity contribution in [2.45, 2.75) is 31.6 Å². The van der Waals surface area contributed by atoms with Crippen LogP contribution in [0.4, 0.5) is 0 Å². The van der Waals surface area contributed by atoms with Crippen LogP contribution in [0.15, 0.2) is 12.4 Å². The van der Waals surface area contributed by atoms with Gasteiger partial charge < -0.3 is 15.2 Å². The lowest BCUT2D eigenvalue weighted by atomic mass is 9.99. The summed E-state index contributed by atoms with van der Waals surface area (Å²) in [6, 6.07) is 2.24. The highest BCUT2D eigenvalue weighted by molar-refractivity contribution is 6.05. The zero-order valence-corrected chi connectivity index (χ0v) is 14.4. The summed E-state index contributed by atoms with van der Waals surface area (Å²) in [5.41, 5.74) is 2.45. The summed E-state index contributed by atoms with van der Waals surface area (Å²) in [7, 11) is 0. The lowest BCUT2D eigenvalue weighted by Gasteiger charge is -2.29. The molecule has 0 bridgehead atoms. The lowest BCUT2D eigenvalue weighted by Crippen LogP contribution is -2.44. The zero-order valence-electron chi connectivity index (χ0n) is 14.4. The highest BCUT2D eigenvalue weighted by Gasteiger charge is 2.27. The molecule has 1 saturated carbocycles. The van der Waals surface area contributed by atoms with Crippen LogP contribution in [0.3, 0.4) is 0 Å². The molecule has 26 heavy (non-hydrogen) atoms. The summed E-state index contributed by atoms with van der Waals surface area (Å²) < 4.78 is 0. The number of rotatable bonds is 4. The first-order valence-electron chi connectivity index (χ1n) is 8.95. The Morgan fingerprint density at radius 3 is 2.77 bits per heavy atom. The van der Waals surface area contributed by atoms with Gasteiger partial charge in [-0.05, 0) is 25.7 Å². The first-order valence-corrected chi connectivity index (χ1v) is 8.95. The predicted molar refractivity (Wildman–Crippen MR) is 93.1 cm³/mol. The van der Waals surface area contributed by atoms with E-state index in [1.807, 2.05) is 0 Å². The highest BCUT2D eigenvalue weighted by Crippen LogP contribution is 2.39. The summed E-state index contributed by atoms with van der Waals surface area (Å²) in [6.45, 7) is 1.07. The van der Waals surface area contributed by atoms with Crippen LogP contribution in [0.2, 0.25) is 0 Å². The topological polar surface area (TPSA) is 115 Å². The second kappa shape index (κ2) is 6.75. The Bertz CT molecular complexity index is 887. The number of likely N-dealkylation sites (tertiary alicyclic amines) is 1. The summed E-state index contributed by atoms with van der Waals surface area (Å²) in [6.07, 6.45) is 6.95. The van der Waals surface area contributed by atoms with Gasteiger partial charge in [-0.25, -0.2) is 9.97 Å². The van der Waals surface area contributed by atoms with Crippen molar-refractivity contribution < 1.29 is 9.59 Å². The third-order valence-electron chi connectivity index (χ3n) is 5.07. The summed E-state index contributed by atoms with van der Waals surface area (Å²) in [5, 5.41) is 11.6. The number of H-pyrrole nitrogens is 1. The molecule has 1 saturated heterocycles. The zero-order chi connectivity index (χ0) is 18.1. The van der Waals surface area contributed by atoms with Crippen molar-refractivity contribution in [2.24, 2.45) is 5.92 Å². The quantitative estimate of drug-likeness (QED) is 0.861. The Morgan fingerprint density at radius 2 is 2.08 bits per heavy atom. The average Bonchev–Trinajstić information content (AvgIpc) is 3.45. The van der Waals surface area contributed by atoms with Crippen molar-refractivity contribution in [1.29, 1.82) is 5.26 Å². The number of aromatic nitrogens is 3. The number of nitrogens with one attached hydrogen (secondary N) is 2. The molecule has 8 heteroatoms. The molecule has 2 aliphatic rings. The molecule has 2 fully saturated rings. The van der Waals surface area contributed by atoms with Crippen LogP contribution in [0.1, 0.15) is 47.7 Å². The molecule has 0 radical (unpaired) electrons. The fourth-order valence-corrected chi connectivity index (χ4v) is 3.27. The van der Waals surface area contributed by atoms with E-state index in [1.165, 1.54) is 0 Å². The lowest BCUT2D eigenvalue weighted by molar-refractivity contribution is -0.131. The molecule has 0 aromatic carbocycles. The van der Waals surface area contributed by atoms with E-state index in [2.05, 4.69) is 26.3 Å². The fraction of sp³-hybridized carbons (Fsp3) is 0.500. The van der Waals surface area contributed by atoms with E-state index < -0.39 is 0 Å². The van der Waals surface area contributed by atoms with E-state index in [1.54, 1.807) is 17.3 Å². The normalized spacial score (nSPS) is 17.9. The molecule has 134 valence electrons. The molecule has 0 unspecified atom stereocenters. The van der Waals surface area contributed by atoms with Crippen LogP contribution in [0.5, 0.6) is 0 Å². The summed E-state index contributed by atoms with van der Waals surface area (Å²) >= 11 is 0. The number of carbonyl (C=O) groups is 2. The molecule has 3 heterocycles. The average molecular weight is 352 g/mol. The van der Waals surface area contributed by atoms with Crippen LogP contribution < -0.4 is 5.32 Å². The SMILES string of the molecule is N#CC1CCN(C(=O)CNC(=O)c2c[nH]c3ncc(C4CC4)nc23)CC1. The Labute approximate surface area is 150 Å². The van der Waals surface area contributed by atoms with Gasteiger partial charge in [0.05, 0.1) is 30.1 Å². The van der Waals surface area contributed by atoms with Gasteiger partial charge in [0.1, 0.15) is 5.52 Å². The minimum atomic E-state index is -0.334. The molecular weight excluding hydrogens is 332 g/mol. The minimum absolute atomic E-state index is 0.0269. The van der Waals surface area contributed by atoms with Crippen LogP contribution >= 0.6 is 0 Å². The van der Waals surface area contributed by atoms with Gasteiger partial charge in [0, 0.05) is 31.1 Å². The largest absolute Gasteiger partial charge is 0.344 e. The Morgan fingerprint density at radius 1 is 1.31 bits per heavy atom. The van der Waals surface area contributed by atoms with E-state index >= 15 is 0 Å². The number of nitriles is 1. The maximum absolute atomic E-state index is 12.5. The van der Waals surface area contributed by atoms with E-state index in [-0.39, 0.29) is 24.3 Å². The van der Waals surface area contributed by atoms with E-state index in [4.69, 9.17) is 5.26 Å². The number of amides is 2. The molecule has 2 N–H and O–H groups in total. The Kier molecular flexibility index (Phi) is 4.29. The molecule has 0 spiro atoms. The van der Waals surface area contributed by atoms with Gasteiger partial charge >= 0.3 is 0 Å². The molecule has 8 nitrogen and oxygen atoms in total. The summed E-state index contributed by atoms with van der Waals surface area (Å²) in [4.78, 5) is 38.3. The number of nitrogens with zero attached hydrogens (tertiary/aromatic N) is 4. The third-order valence-corrected chi connectivity index (χ3v) is 5.07. The van der Waals surface area contributed by atoms with Crippen LogP contribution in [0, 0.1) is 17.2 Å². The van der Waals surface area contributed by atoms with Crippen LogP contribution in [-0.4, -0.2) is 51.3 Å². The Hall–Kier alpha value is -2.95. The van der Waals surface area contributed by atoms with Crippen molar-refractivity contribution >= 4 is 23.0 Å². The first-order chi connectivity index (χ1) is 12.7. The number of aromatic amines is 1. The van der Waals surface area contributed by atoms with Gasteiger partial charge in [-0.2, -0.15) is 5.26 Å². The predicted octanol–water partition coefficient (Wildman–Crippen LogP) is 1.33. The second-order valence-electron chi connectivity index (χ2n) is 6.94. The molecule has 2 aromatic heterocycles. The maximum atomic E-state index is 12.5. The van der Waals surface area contributed by atoms with Crippen molar-refractivity contribution in [3.8, 4) is 6.07 Å². The van der Waals surface area contributed by atoms with Crippen LogP contribution in [-0.2, 0) is 4.79 Å². The van der Waals surface area contributed by atoms with Gasteiger partial charge in [0.15, 0.2) is 5.65 Å². The van der Waals surface area contributed by atoms with E-state index in [0.717, 1.165) is 18.5 Å². The van der Waals surface area contributed by atoms with Crippen molar-refractivity contribution in [3.63, 3.8) is 0 Å². The van der Waals surface area contributed by atoms with Crippen molar-refractivity contribution in [3.05, 3.63) is 23.7 Å². The number of hydrogen-bond acceptors (Lipinski definition) is 5. The first kappa shape index (κ1) is 16.5. The van der Waals surface area contributed by atoms with Crippen LogP contribution in [0.25, 0.3) is 11.2 Å². The molecular formula is C18H20N6O2. The van der Waals surface area contributed by atoms with Gasteiger partial charge in [0.2, 0.25) is 5.91 Å². The minimum Gasteiger partial charge on any atom is -0.344 e. The van der Waals surface area contributed by atoms with Crippen molar-refractivity contribution in [1.82, 2.24) is 25.2 Å². The molecule has 1 aliphatic heterocycles. The smallest absolute Gasteiger partial charge is 0.255 e. The maximum Gasteiger partial charge on any atom is 0.255 e. The molecule has 1 aliphatic carbocycles. The summed E-state index contributed by atoms with van der Waals surface area (Å²) in [5.74, 6) is 0.0211. The van der Waals surface area contributed by atoms with Crippen molar-refractivity contribution in [2.75, 3.05) is 19.6 Å². The second-order valence-corrected chi connectivity index (χ2v) is 6.94.